The Morgan fingerprint density at radius 1 is 1.28 bits per heavy atom. The van der Waals surface area contributed by atoms with E-state index < -0.39 is 0 Å². The molecule has 1 fully saturated rings. The molecule has 142 valence electrons. The second-order valence-electron chi connectivity index (χ2n) is 7.75. The van der Waals surface area contributed by atoms with E-state index in [1.165, 1.54) is 0 Å². The van der Waals surface area contributed by atoms with E-state index in [1.807, 2.05) is 37.0 Å². The average molecular weight is 351 g/mol. The number of hydrogen-bond acceptors (Lipinski definition) is 5. The lowest BCUT2D eigenvalue weighted by Gasteiger charge is -2.35. The molecular weight excluding hydrogens is 318 g/mol. The summed E-state index contributed by atoms with van der Waals surface area (Å²) in [5.74, 6) is 0.577. The Morgan fingerprint density at radius 2 is 1.92 bits per heavy atom. The number of carbonyl (C=O) groups excluding carboxylic acids is 1. The van der Waals surface area contributed by atoms with Crippen LogP contribution in [0.4, 0.5) is 0 Å². The summed E-state index contributed by atoms with van der Waals surface area (Å²) in [7, 11) is 5.76. The minimum atomic E-state index is -0.354. The fourth-order valence-corrected chi connectivity index (χ4v) is 3.32. The van der Waals surface area contributed by atoms with E-state index in [0.29, 0.717) is 37.8 Å². The molecule has 0 aromatic carbocycles. The van der Waals surface area contributed by atoms with Crippen LogP contribution in [0.25, 0.3) is 0 Å². The molecule has 1 aliphatic heterocycles. The highest BCUT2D eigenvalue weighted by Gasteiger charge is 2.25. The Kier molecular flexibility index (Phi) is 6.98. The molecule has 7 nitrogen and oxygen atoms in total. The Balaban J connectivity index is 1.88. The van der Waals surface area contributed by atoms with Gasteiger partial charge in [0.2, 0.25) is 0 Å². The Hall–Kier alpha value is -1.44. The predicted octanol–water partition coefficient (Wildman–Crippen LogP) is 0.299. The number of β-amino-alcohol motifs (C(OH)–C–C–N with tert-alkyl or cyclic N) is 1. The summed E-state index contributed by atoms with van der Waals surface area (Å²) in [6.45, 7) is 8.60. The first-order chi connectivity index (χ1) is 11.8. The number of likely N-dealkylation sites (N-methyl/N-ethyl adjacent to an activating group) is 1. The van der Waals surface area contributed by atoms with E-state index in [9.17, 15) is 9.90 Å². The van der Waals surface area contributed by atoms with Crippen LogP contribution in [-0.4, -0.2) is 95.0 Å². The molecule has 25 heavy (non-hydrogen) atoms. The van der Waals surface area contributed by atoms with Crippen molar-refractivity contribution in [2.24, 2.45) is 13.0 Å². The van der Waals surface area contributed by atoms with E-state index in [1.54, 1.807) is 4.68 Å². The summed E-state index contributed by atoms with van der Waals surface area (Å²) in [6, 6.07) is 1.93. The molecule has 2 rings (SSSR count). The van der Waals surface area contributed by atoms with Crippen LogP contribution in [0, 0.1) is 5.92 Å². The van der Waals surface area contributed by atoms with Gasteiger partial charge >= 0.3 is 0 Å². The first-order valence-electron chi connectivity index (χ1n) is 9.13. The predicted molar refractivity (Wildman–Crippen MR) is 98.7 cm³/mol. The number of hydrogen-bond donors (Lipinski definition) is 1. The SMILES string of the molecule is CC(C)Cc1cc(C(=O)N2CCN(CC(O)CN(C)C)CC2)n(C)n1. The molecule has 0 aliphatic carbocycles. The largest absolute Gasteiger partial charge is 0.390 e. The minimum Gasteiger partial charge on any atom is -0.390 e. The van der Waals surface area contributed by atoms with Crippen LogP contribution in [-0.2, 0) is 13.5 Å². The fourth-order valence-electron chi connectivity index (χ4n) is 3.32. The third-order valence-electron chi connectivity index (χ3n) is 4.47. The van der Waals surface area contributed by atoms with Gasteiger partial charge < -0.3 is 14.9 Å². The van der Waals surface area contributed by atoms with Crippen molar-refractivity contribution in [3.8, 4) is 0 Å². The fraction of sp³-hybridized carbons (Fsp3) is 0.778. The normalized spacial score (nSPS) is 17.5. The number of piperazine rings is 1. The first kappa shape index (κ1) is 19.9. The number of aliphatic hydroxyl groups is 1. The van der Waals surface area contributed by atoms with Crippen LogP contribution in [0.15, 0.2) is 6.07 Å². The lowest BCUT2D eigenvalue weighted by molar-refractivity contribution is 0.0472. The number of aromatic nitrogens is 2. The summed E-state index contributed by atoms with van der Waals surface area (Å²) >= 11 is 0. The van der Waals surface area contributed by atoms with Crippen molar-refractivity contribution in [2.75, 3.05) is 53.4 Å². The summed E-state index contributed by atoms with van der Waals surface area (Å²) in [4.78, 5) is 18.9. The van der Waals surface area contributed by atoms with E-state index in [2.05, 4.69) is 23.8 Å². The summed E-state index contributed by atoms with van der Waals surface area (Å²) in [6.07, 6.45) is 0.534. The number of aliphatic hydroxyl groups excluding tert-OH is 1. The van der Waals surface area contributed by atoms with Crippen LogP contribution in [0.3, 0.4) is 0 Å². The standard InChI is InChI=1S/C18H33N5O2/c1-14(2)10-15-11-17(21(5)19-15)18(25)23-8-6-22(7-9-23)13-16(24)12-20(3)4/h11,14,16,24H,6-10,12-13H2,1-5H3. The van der Waals surface area contributed by atoms with Gasteiger partial charge in [0.25, 0.3) is 5.91 Å². The Morgan fingerprint density at radius 3 is 2.48 bits per heavy atom. The number of amides is 1. The number of rotatable bonds is 7. The summed E-state index contributed by atoms with van der Waals surface area (Å²) in [5, 5.41) is 14.5. The molecule has 1 amide bonds. The van der Waals surface area contributed by atoms with Crippen molar-refractivity contribution in [3.05, 3.63) is 17.5 Å². The van der Waals surface area contributed by atoms with Gasteiger partial charge in [-0.15, -0.1) is 0 Å². The third-order valence-corrected chi connectivity index (χ3v) is 4.47. The molecule has 1 saturated heterocycles. The van der Waals surface area contributed by atoms with Gasteiger partial charge in [0.1, 0.15) is 5.69 Å². The van der Waals surface area contributed by atoms with Gasteiger partial charge in [-0.2, -0.15) is 5.10 Å². The van der Waals surface area contributed by atoms with Crippen molar-refractivity contribution < 1.29 is 9.90 Å². The van der Waals surface area contributed by atoms with Gasteiger partial charge in [-0.05, 0) is 32.5 Å². The lowest BCUT2D eigenvalue weighted by atomic mass is 10.1. The Bertz CT molecular complexity index is 562. The number of carbonyl (C=O) groups is 1. The second kappa shape index (κ2) is 8.78. The van der Waals surface area contributed by atoms with E-state index in [0.717, 1.165) is 25.2 Å². The highest BCUT2D eigenvalue weighted by atomic mass is 16.3. The Labute approximate surface area is 151 Å². The van der Waals surface area contributed by atoms with E-state index in [-0.39, 0.29) is 12.0 Å². The highest BCUT2D eigenvalue weighted by molar-refractivity contribution is 5.92. The molecular formula is C18H33N5O2. The topological polar surface area (TPSA) is 64.8 Å². The zero-order chi connectivity index (χ0) is 18.6. The van der Waals surface area contributed by atoms with Crippen molar-refractivity contribution >= 4 is 5.91 Å². The zero-order valence-electron chi connectivity index (χ0n) is 16.3. The number of aryl methyl sites for hydroxylation is 1. The van der Waals surface area contributed by atoms with Crippen LogP contribution in [0.5, 0.6) is 0 Å². The zero-order valence-corrected chi connectivity index (χ0v) is 16.3. The van der Waals surface area contributed by atoms with Crippen molar-refractivity contribution in [1.29, 1.82) is 0 Å². The van der Waals surface area contributed by atoms with Crippen molar-refractivity contribution in [1.82, 2.24) is 24.5 Å². The van der Waals surface area contributed by atoms with Gasteiger partial charge in [0.05, 0.1) is 11.8 Å². The summed E-state index contributed by atoms with van der Waals surface area (Å²) in [5.41, 5.74) is 1.64. The van der Waals surface area contributed by atoms with E-state index >= 15 is 0 Å². The molecule has 1 atom stereocenters. The molecule has 2 heterocycles. The van der Waals surface area contributed by atoms with Crippen LogP contribution < -0.4 is 0 Å². The quantitative estimate of drug-likeness (QED) is 0.765. The second-order valence-corrected chi connectivity index (χ2v) is 7.75. The monoisotopic (exact) mass is 351 g/mol. The first-order valence-corrected chi connectivity index (χ1v) is 9.13. The van der Waals surface area contributed by atoms with Gasteiger partial charge in [0.15, 0.2) is 0 Å². The van der Waals surface area contributed by atoms with Crippen LogP contribution in [0.1, 0.15) is 30.0 Å². The molecule has 0 radical (unpaired) electrons. The molecule has 1 aliphatic rings. The van der Waals surface area contributed by atoms with Gasteiger partial charge in [-0.1, -0.05) is 13.8 Å². The molecule has 0 spiro atoms. The van der Waals surface area contributed by atoms with Crippen LogP contribution in [0.2, 0.25) is 0 Å². The number of nitrogens with zero attached hydrogens (tertiary/aromatic N) is 5. The van der Waals surface area contributed by atoms with Gasteiger partial charge in [0, 0.05) is 46.3 Å². The maximum Gasteiger partial charge on any atom is 0.272 e. The summed E-state index contributed by atoms with van der Waals surface area (Å²) < 4.78 is 1.70. The molecule has 1 aromatic rings. The molecule has 7 heteroatoms. The third kappa shape index (κ3) is 5.80. The lowest BCUT2D eigenvalue weighted by Crippen LogP contribution is -2.51. The van der Waals surface area contributed by atoms with Gasteiger partial charge in [-0.25, -0.2) is 0 Å². The molecule has 1 aromatic heterocycles. The van der Waals surface area contributed by atoms with Crippen LogP contribution >= 0.6 is 0 Å². The van der Waals surface area contributed by atoms with E-state index in [4.69, 9.17) is 0 Å². The maximum absolute atomic E-state index is 12.8. The highest BCUT2D eigenvalue weighted by Crippen LogP contribution is 2.13. The average Bonchev–Trinajstić information content (AvgIpc) is 2.86. The van der Waals surface area contributed by atoms with Crippen molar-refractivity contribution in [3.63, 3.8) is 0 Å². The van der Waals surface area contributed by atoms with Crippen molar-refractivity contribution in [2.45, 2.75) is 26.4 Å². The molecule has 1 N–H and O–H groups in total. The molecule has 0 bridgehead atoms. The van der Waals surface area contributed by atoms with Gasteiger partial charge in [-0.3, -0.25) is 14.4 Å². The molecule has 0 saturated carbocycles. The maximum atomic E-state index is 12.8. The molecule has 1 unspecified atom stereocenters. The smallest absolute Gasteiger partial charge is 0.272 e. The minimum absolute atomic E-state index is 0.0542.